The third-order valence-corrected chi connectivity index (χ3v) is 2.95. The van der Waals surface area contributed by atoms with E-state index in [1.807, 2.05) is 26.0 Å². The van der Waals surface area contributed by atoms with Crippen LogP contribution in [0, 0.1) is 0 Å². The average molecular weight is 247 g/mol. The molecule has 0 saturated heterocycles. The Balaban J connectivity index is 2.12. The van der Waals surface area contributed by atoms with Crippen LogP contribution in [0.2, 0.25) is 0 Å². The van der Waals surface area contributed by atoms with Crippen molar-refractivity contribution >= 4 is 0 Å². The number of phenols is 2. The maximum Gasteiger partial charge on any atom is 0.120 e. The van der Waals surface area contributed by atoms with Crippen LogP contribution in [-0.2, 0) is 0 Å². The number of phenolic OH excluding ortho intramolecular Hbond substituents is 2. The predicted molar refractivity (Wildman–Crippen MR) is 68.4 cm³/mol. The van der Waals surface area contributed by atoms with Gasteiger partial charge >= 0.3 is 0 Å². The van der Waals surface area contributed by atoms with E-state index in [9.17, 15) is 10.2 Å². The van der Waals surface area contributed by atoms with Crippen molar-refractivity contribution < 1.29 is 14.6 Å². The highest BCUT2D eigenvalue weighted by atomic mass is 16.3. The standard InChI is InChI=1S/C14H17NO3/c1-9(12-8-11(16)5-6-13(12)17)15-10(2)14-4-3-7-18-14/h3-10,15-17H,1-2H3. The van der Waals surface area contributed by atoms with Gasteiger partial charge in [0.1, 0.15) is 17.3 Å². The number of furan rings is 1. The Bertz CT molecular complexity index is 508. The first kappa shape index (κ1) is 12.5. The first-order chi connectivity index (χ1) is 8.58. The molecule has 0 fully saturated rings. The summed E-state index contributed by atoms with van der Waals surface area (Å²) in [6, 6.07) is 8.16. The summed E-state index contributed by atoms with van der Waals surface area (Å²) in [5, 5.41) is 22.5. The molecule has 2 unspecified atom stereocenters. The van der Waals surface area contributed by atoms with E-state index in [1.54, 1.807) is 12.3 Å². The molecule has 1 heterocycles. The first-order valence-corrected chi connectivity index (χ1v) is 5.89. The molecule has 0 aliphatic rings. The molecule has 3 N–H and O–H groups in total. The molecule has 0 aliphatic carbocycles. The summed E-state index contributed by atoms with van der Waals surface area (Å²) in [5.41, 5.74) is 0.661. The fourth-order valence-corrected chi connectivity index (χ4v) is 1.97. The molecule has 96 valence electrons. The highest BCUT2D eigenvalue weighted by Gasteiger charge is 2.16. The Morgan fingerprint density at radius 1 is 1.11 bits per heavy atom. The van der Waals surface area contributed by atoms with E-state index in [-0.39, 0.29) is 23.6 Å². The van der Waals surface area contributed by atoms with Gasteiger partial charge in [0.2, 0.25) is 0 Å². The van der Waals surface area contributed by atoms with Crippen molar-refractivity contribution in [3.8, 4) is 11.5 Å². The molecule has 0 amide bonds. The van der Waals surface area contributed by atoms with Crippen molar-refractivity contribution in [3.63, 3.8) is 0 Å². The molecular weight excluding hydrogens is 230 g/mol. The molecule has 4 nitrogen and oxygen atoms in total. The fourth-order valence-electron chi connectivity index (χ4n) is 1.97. The van der Waals surface area contributed by atoms with Crippen LogP contribution in [0.25, 0.3) is 0 Å². The van der Waals surface area contributed by atoms with E-state index in [0.29, 0.717) is 5.56 Å². The molecule has 0 radical (unpaired) electrons. The van der Waals surface area contributed by atoms with E-state index < -0.39 is 0 Å². The van der Waals surface area contributed by atoms with Gasteiger partial charge < -0.3 is 19.9 Å². The lowest BCUT2D eigenvalue weighted by atomic mass is 10.1. The molecule has 4 heteroatoms. The summed E-state index contributed by atoms with van der Waals surface area (Å²) in [4.78, 5) is 0. The Hall–Kier alpha value is -1.94. The van der Waals surface area contributed by atoms with Crippen LogP contribution in [0.4, 0.5) is 0 Å². The highest BCUT2D eigenvalue weighted by molar-refractivity contribution is 5.40. The second kappa shape index (κ2) is 5.14. The van der Waals surface area contributed by atoms with Gasteiger partial charge in [0.15, 0.2) is 0 Å². The number of benzene rings is 1. The SMILES string of the molecule is CC(NC(C)c1cc(O)ccc1O)c1ccco1. The molecule has 0 aliphatic heterocycles. The smallest absolute Gasteiger partial charge is 0.120 e. The largest absolute Gasteiger partial charge is 0.508 e. The Morgan fingerprint density at radius 3 is 2.56 bits per heavy atom. The van der Waals surface area contributed by atoms with E-state index >= 15 is 0 Å². The molecule has 2 rings (SSSR count). The topological polar surface area (TPSA) is 65.6 Å². The molecular formula is C14H17NO3. The molecule has 2 atom stereocenters. The molecule has 18 heavy (non-hydrogen) atoms. The summed E-state index contributed by atoms with van der Waals surface area (Å²) >= 11 is 0. The first-order valence-electron chi connectivity index (χ1n) is 5.89. The number of rotatable bonds is 4. The maximum atomic E-state index is 9.77. The Kier molecular flexibility index (Phi) is 3.58. The monoisotopic (exact) mass is 247 g/mol. The van der Waals surface area contributed by atoms with Gasteiger partial charge in [-0.3, -0.25) is 0 Å². The molecule has 0 spiro atoms. The summed E-state index contributed by atoms with van der Waals surface area (Å²) < 4.78 is 5.31. The lowest BCUT2D eigenvalue weighted by molar-refractivity contribution is 0.390. The molecule has 2 aromatic rings. The summed E-state index contributed by atoms with van der Waals surface area (Å²) in [5.74, 6) is 1.14. The minimum absolute atomic E-state index is 0.0248. The van der Waals surface area contributed by atoms with Gasteiger partial charge in [0.05, 0.1) is 12.3 Å². The van der Waals surface area contributed by atoms with Crippen molar-refractivity contribution in [2.24, 2.45) is 0 Å². The zero-order valence-electron chi connectivity index (χ0n) is 10.4. The third-order valence-electron chi connectivity index (χ3n) is 2.95. The summed E-state index contributed by atoms with van der Waals surface area (Å²) in [7, 11) is 0. The number of hydrogen-bond donors (Lipinski definition) is 3. The van der Waals surface area contributed by atoms with Gasteiger partial charge in [-0.1, -0.05) is 0 Å². The van der Waals surface area contributed by atoms with Gasteiger partial charge in [-0.05, 0) is 44.2 Å². The summed E-state index contributed by atoms with van der Waals surface area (Å²) in [6.07, 6.45) is 1.63. The van der Waals surface area contributed by atoms with Gasteiger partial charge in [0.25, 0.3) is 0 Å². The quantitative estimate of drug-likeness (QED) is 0.726. The lowest BCUT2D eigenvalue weighted by Crippen LogP contribution is -2.22. The van der Waals surface area contributed by atoms with E-state index in [2.05, 4.69) is 5.32 Å². The van der Waals surface area contributed by atoms with E-state index in [0.717, 1.165) is 5.76 Å². The van der Waals surface area contributed by atoms with Crippen LogP contribution < -0.4 is 5.32 Å². The van der Waals surface area contributed by atoms with Gasteiger partial charge in [-0.15, -0.1) is 0 Å². The normalized spacial score (nSPS) is 14.3. The summed E-state index contributed by atoms with van der Waals surface area (Å²) in [6.45, 7) is 3.91. The van der Waals surface area contributed by atoms with Crippen molar-refractivity contribution in [1.29, 1.82) is 0 Å². The highest BCUT2D eigenvalue weighted by Crippen LogP contribution is 2.29. The minimum Gasteiger partial charge on any atom is -0.508 e. The van der Waals surface area contributed by atoms with Crippen molar-refractivity contribution in [1.82, 2.24) is 5.32 Å². The zero-order valence-corrected chi connectivity index (χ0v) is 10.4. The van der Waals surface area contributed by atoms with Gasteiger partial charge in [-0.25, -0.2) is 0 Å². The second-order valence-corrected chi connectivity index (χ2v) is 4.37. The maximum absolute atomic E-state index is 9.77. The second-order valence-electron chi connectivity index (χ2n) is 4.37. The van der Waals surface area contributed by atoms with Crippen LogP contribution >= 0.6 is 0 Å². The molecule has 1 aromatic carbocycles. The third kappa shape index (κ3) is 2.65. The number of nitrogens with one attached hydrogen (secondary N) is 1. The van der Waals surface area contributed by atoms with Gasteiger partial charge in [-0.2, -0.15) is 0 Å². The number of aromatic hydroxyl groups is 2. The Labute approximate surface area is 106 Å². The van der Waals surface area contributed by atoms with Crippen LogP contribution in [0.5, 0.6) is 11.5 Å². The van der Waals surface area contributed by atoms with Crippen molar-refractivity contribution in [2.45, 2.75) is 25.9 Å². The molecule has 0 saturated carbocycles. The van der Waals surface area contributed by atoms with E-state index in [1.165, 1.54) is 12.1 Å². The average Bonchev–Trinajstić information content (AvgIpc) is 2.85. The Morgan fingerprint density at radius 2 is 1.89 bits per heavy atom. The minimum atomic E-state index is -0.0998. The van der Waals surface area contributed by atoms with Crippen LogP contribution in [0.15, 0.2) is 41.0 Å². The number of hydrogen-bond acceptors (Lipinski definition) is 4. The molecule has 1 aromatic heterocycles. The van der Waals surface area contributed by atoms with Crippen LogP contribution in [-0.4, -0.2) is 10.2 Å². The van der Waals surface area contributed by atoms with E-state index in [4.69, 9.17) is 4.42 Å². The lowest BCUT2D eigenvalue weighted by Gasteiger charge is -2.19. The predicted octanol–water partition coefficient (Wildman–Crippen LogP) is 3.10. The van der Waals surface area contributed by atoms with Crippen LogP contribution in [0.3, 0.4) is 0 Å². The fraction of sp³-hybridized carbons (Fsp3) is 0.286. The zero-order chi connectivity index (χ0) is 13.1. The molecule has 0 bridgehead atoms. The van der Waals surface area contributed by atoms with Gasteiger partial charge in [0, 0.05) is 11.6 Å². The van der Waals surface area contributed by atoms with Crippen LogP contribution in [0.1, 0.15) is 37.3 Å². The van der Waals surface area contributed by atoms with Crippen molar-refractivity contribution in [3.05, 3.63) is 47.9 Å². The van der Waals surface area contributed by atoms with Crippen molar-refractivity contribution in [2.75, 3.05) is 0 Å².